The first kappa shape index (κ1) is 14.9. The van der Waals surface area contributed by atoms with Crippen LogP contribution in [0.15, 0.2) is 29.2 Å². The van der Waals surface area contributed by atoms with E-state index in [0.29, 0.717) is 0 Å². The number of aryl methyl sites for hydroxylation is 1. The summed E-state index contributed by atoms with van der Waals surface area (Å²) in [4.78, 5) is 1.81. The van der Waals surface area contributed by atoms with Crippen molar-refractivity contribution in [1.82, 2.24) is 0 Å². The van der Waals surface area contributed by atoms with Crippen LogP contribution in [0, 0.1) is 18.4 Å². The van der Waals surface area contributed by atoms with Crippen LogP contribution < -0.4 is 16.5 Å². The Morgan fingerprint density at radius 2 is 1.82 bits per heavy atom. The quantitative estimate of drug-likeness (QED) is 0.169. The molecule has 5 N–H and O–H groups in total. The highest BCUT2D eigenvalue weighted by Gasteiger charge is 1.97. The van der Waals surface area contributed by atoms with Crippen molar-refractivity contribution in [3.8, 4) is 6.19 Å². The fraction of sp³-hybridized carbons (Fsp3) is 0.111. The summed E-state index contributed by atoms with van der Waals surface area (Å²) >= 11 is 0. The van der Waals surface area contributed by atoms with Crippen molar-refractivity contribution in [2.75, 3.05) is 0 Å². The van der Waals surface area contributed by atoms with Crippen LogP contribution in [0.25, 0.3) is 0 Å². The third-order valence-electron chi connectivity index (χ3n) is 1.51. The number of nitrogens with two attached hydrogens (primary N) is 2. The Morgan fingerprint density at radius 3 is 2.06 bits per heavy atom. The lowest BCUT2D eigenvalue weighted by Gasteiger charge is -2.05. The molecule has 0 aromatic heterocycles. The Bertz CT molecular complexity index is 524. The topological polar surface area (TPSA) is 147 Å². The Labute approximate surface area is 99.1 Å². The number of benzene rings is 1. The van der Waals surface area contributed by atoms with Crippen LogP contribution in [-0.2, 0) is 10.1 Å². The smallest absolute Gasteiger partial charge is 0.323 e. The van der Waals surface area contributed by atoms with Gasteiger partial charge < -0.3 is 16.0 Å². The van der Waals surface area contributed by atoms with Crippen molar-refractivity contribution in [3.05, 3.63) is 29.8 Å². The van der Waals surface area contributed by atoms with E-state index in [9.17, 15) is 13.0 Å². The molecule has 0 radical (unpaired) electrons. The van der Waals surface area contributed by atoms with Gasteiger partial charge in [-0.1, -0.05) is 17.7 Å². The number of nitrogens with zero attached hydrogens (tertiary/aromatic N) is 1. The summed E-state index contributed by atoms with van der Waals surface area (Å²) in [6, 6.07) is 5.78. The summed E-state index contributed by atoms with van der Waals surface area (Å²) in [6.07, 6.45) is 1.53. The zero-order chi connectivity index (χ0) is 13.5. The third-order valence-corrected chi connectivity index (χ3v) is 2.36. The van der Waals surface area contributed by atoms with Crippen LogP contribution in [0.1, 0.15) is 5.56 Å². The van der Waals surface area contributed by atoms with E-state index in [1.54, 1.807) is 12.1 Å². The number of nitriles is 1. The molecule has 0 heterocycles. The maximum atomic E-state index is 10.4. The van der Waals surface area contributed by atoms with Crippen molar-refractivity contribution in [1.29, 1.82) is 5.26 Å². The van der Waals surface area contributed by atoms with Gasteiger partial charge in [-0.15, -0.1) is 0 Å². The molecule has 0 saturated carbocycles. The molecule has 0 aliphatic heterocycles. The number of hydrogen-bond donors (Lipinski definition) is 3. The molecule has 0 bridgehead atoms. The summed E-state index contributed by atoms with van der Waals surface area (Å²) in [6.45, 7) is 1.82. The molecule has 92 valence electrons. The molecule has 0 fully saturated rings. The summed E-state index contributed by atoms with van der Waals surface area (Å²) in [5, 5.41) is 7.69. The normalized spacial score (nSPS) is 9.47. The first-order valence-corrected chi connectivity index (χ1v) is 5.73. The standard InChI is InChI=1S/C7H8O3S.C2H4N4/c1-6-2-4-7(5-3-6)11(8,9)10;3-1-6-2(4)5/h2-5H,1H3,(H,8,9,10);(H4,4,5,6). The Kier molecular flexibility index (Phi) is 5.66. The molecule has 0 aliphatic rings. The minimum Gasteiger partial charge on any atom is -0.744 e. The van der Waals surface area contributed by atoms with E-state index in [-0.39, 0.29) is 10.9 Å². The van der Waals surface area contributed by atoms with Crippen molar-refractivity contribution in [3.63, 3.8) is 0 Å². The average molecular weight is 256 g/mol. The van der Waals surface area contributed by atoms with E-state index in [4.69, 9.17) is 16.7 Å². The van der Waals surface area contributed by atoms with Crippen LogP contribution in [0.2, 0.25) is 0 Å². The number of nitrogens with one attached hydrogen (secondary N) is 1. The van der Waals surface area contributed by atoms with Crippen molar-refractivity contribution in [2.24, 2.45) is 11.5 Å². The highest BCUT2D eigenvalue weighted by atomic mass is 32.2. The molecule has 0 spiro atoms. The zero-order valence-electron chi connectivity index (χ0n) is 9.04. The summed E-state index contributed by atoms with van der Waals surface area (Å²) in [5.74, 6) is -0.0718. The van der Waals surface area contributed by atoms with Crippen LogP contribution in [0.5, 0.6) is 0 Å². The maximum absolute atomic E-state index is 10.4. The van der Waals surface area contributed by atoms with Crippen molar-refractivity contribution >= 4 is 16.1 Å². The molecule has 0 atom stereocenters. The minimum atomic E-state index is -4.27. The summed E-state index contributed by atoms with van der Waals surface area (Å²) in [5.41, 5.74) is 10.5. The molecule has 17 heavy (non-hydrogen) atoms. The molecule has 1 rings (SSSR count). The van der Waals surface area contributed by atoms with Gasteiger partial charge in [-0.2, -0.15) is 4.99 Å². The fourth-order valence-corrected chi connectivity index (χ4v) is 1.24. The molecule has 7 nitrogen and oxygen atoms in total. The molecule has 1 aromatic rings. The van der Waals surface area contributed by atoms with Gasteiger partial charge in [-0.25, -0.2) is 8.42 Å². The van der Waals surface area contributed by atoms with Gasteiger partial charge in [0.1, 0.15) is 10.1 Å². The summed E-state index contributed by atoms with van der Waals surface area (Å²) < 4.78 is 31.2. The van der Waals surface area contributed by atoms with Gasteiger partial charge in [0.15, 0.2) is 0 Å². The highest BCUT2D eigenvalue weighted by molar-refractivity contribution is 7.85. The first-order valence-electron chi connectivity index (χ1n) is 4.33. The first-order chi connectivity index (χ1) is 7.77. The predicted octanol–water partition coefficient (Wildman–Crippen LogP) is -2.28. The number of guanidine groups is 1. The monoisotopic (exact) mass is 256 g/mol. The molecule has 8 heteroatoms. The molecule has 1 aromatic carbocycles. The van der Waals surface area contributed by atoms with Gasteiger partial charge in [0.25, 0.3) is 0 Å². The van der Waals surface area contributed by atoms with E-state index in [1.165, 1.54) is 18.3 Å². The van der Waals surface area contributed by atoms with Crippen LogP contribution in [0.3, 0.4) is 0 Å². The molecule has 0 amide bonds. The Balaban J connectivity index is 0.000000366. The lowest BCUT2D eigenvalue weighted by Crippen LogP contribution is -2.72. The molecule has 0 unspecified atom stereocenters. The van der Waals surface area contributed by atoms with Crippen molar-refractivity contribution < 1.29 is 18.0 Å². The Hall–Kier alpha value is -2.11. The minimum absolute atomic E-state index is 0.0718. The number of rotatable bonds is 1. The van der Waals surface area contributed by atoms with E-state index in [1.807, 2.05) is 11.9 Å². The lowest BCUT2D eigenvalue weighted by molar-refractivity contribution is -0.353. The van der Waals surface area contributed by atoms with E-state index in [2.05, 4.69) is 0 Å². The molecular weight excluding hydrogens is 244 g/mol. The van der Waals surface area contributed by atoms with E-state index < -0.39 is 10.1 Å². The van der Waals surface area contributed by atoms with Gasteiger partial charge in [-0.3, -0.25) is 0 Å². The van der Waals surface area contributed by atoms with E-state index in [0.717, 1.165) is 5.56 Å². The summed E-state index contributed by atoms with van der Waals surface area (Å²) in [7, 11) is -4.27. The number of hydrogen-bond acceptors (Lipinski definition) is 4. The van der Waals surface area contributed by atoms with Gasteiger partial charge in [0, 0.05) is 0 Å². The van der Waals surface area contributed by atoms with Crippen LogP contribution in [0.4, 0.5) is 0 Å². The molecule has 0 aliphatic carbocycles. The second-order valence-corrected chi connectivity index (χ2v) is 4.34. The second kappa shape index (κ2) is 6.47. The third kappa shape index (κ3) is 6.88. The van der Waals surface area contributed by atoms with Gasteiger partial charge in [0.2, 0.25) is 0 Å². The fourth-order valence-electron chi connectivity index (χ4n) is 0.769. The molecular formula is C9H12N4O3S. The van der Waals surface area contributed by atoms with Gasteiger partial charge in [0.05, 0.1) is 4.90 Å². The second-order valence-electron chi connectivity index (χ2n) is 2.96. The lowest BCUT2D eigenvalue weighted by atomic mass is 10.2. The predicted molar refractivity (Wildman–Crippen MR) is 59.1 cm³/mol. The Morgan fingerprint density at radius 1 is 1.35 bits per heavy atom. The zero-order valence-corrected chi connectivity index (χ0v) is 9.86. The van der Waals surface area contributed by atoms with E-state index >= 15 is 0 Å². The highest BCUT2D eigenvalue weighted by Crippen LogP contribution is 2.08. The molecule has 0 saturated heterocycles. The van der Waals surface area contributed by atoms with Gasteiger partial charge >= 0.3 is 12.2 Å². The maximum Gasteiger partial charge on any atom is 0.323 e. The average Bonchev–Trinajstić information content (AvgIpc) is 2.17. The SMILES string of the molecule is Cc1ccc(S(=O)(=O)[O-])cc1.N#C[NH+]=C(N)N. The van der Waals surface area contributed by atoms with Crippen LogP contribution >= 0.6 is 0 Å². The van der Waals surface area contributed by atoms with Crippen LogP contribution in [-0.4, -0.2) is 18.9 Å². The van der Waals surface area contributed by atoms with Gasteiger partial charge in [-0.05, 0) is 24.3 Å². The largest absolute Gasteiger partial charge is 0.744 e. The van der Waals surface area contributed by atoms with Crippen molar-refractivity contribution in [2.45, 2.75) is 11.8 Å².